The Morgan fingerprint density at radius 1 is 0.759 bits per heavy atom. The highest BCUT2D eigenvalue weighted by molar-refractivity contribution is 8.03. The summed E-state index contributed by atoms with van der Waals surface area (Å²) in [7, 11) is 0. The number of carbonyl (C=O) groups excluding carboxylic acids is 2. The molecular weight excluding hydrogens is 378 g/mol. The lowest BCUT2D eigenvalue weighted by atomic mass is 10.1. The van der Waals surface area contributed by atoms with Gasteiger partial charge in [-0.3, -0.25) is 9.59 Å². The Bertz CT molecular complexity index is 1080. The molecule has 1 heterocycles. The number of amides is 2. The highest BCUT2D eigenvalue weighted by Crippen LogP contribution is 2.39. The van der Waals surface area contributed by atoms with Gasteiger partial charge in [0.2, 0.25) is 0 Å². The number of carbonyl (C=O) groups is 2. The van der Waals surface area contributed by atoms with Crippen LogP contribution in [0.1, 0.15) is 22.3 Å². The number of thioether (sulfide) groups is 1. The number of nitrogens with zero attached hydrogens (tertiary/aromatic N) is 1. The smallest absolute Gasteiger partial charge is 0.268 e. The van der Waals surface area contributed by atoms with Crippen LogP contribution in [0.5, 0.6) is 0 Å². The third-order valence-electron chi connectivity index (χ3n) is 4.79. The molecule has 1 aliphatic rings. The predicted octanol–water partition coefficient (Wildman–Crippen LogP) is 5.52. The van der Waals surface area contributed by atoms with Gasteiger partial charge in [0.15, 0.2) is 0 Å². The summed E-state index contributed by atoms with van der Waals surface area (Å²) in [5, 5.41) is 0. The van der Waals surface area contributed by atoms with Crippen molar-refractivity contribution in [3.05, 3.63) is 106 Å². The minimum absolute atomic E-state index is 0.250. The quantitative estimate of drug-likeness (QED) is 0.530. The largest absolute Gasteiger partial charge is 0.272 e. The molecule has 29 heavy (non-hydrogen) atoms. The first kappa shape index (κ1) is 19.2. The summed E-state index contributed by atoms with van der Waals surface area (Å²) < 4.78 is 0. The Morgan fingerprint density at radius 2 is 1.34 bits per heavy atom. The zero-order valence-corrected chi connectivity index (χ0v) is 17.2. The maximum atomic E-state index is 13.4. The maximum absolute atomic E-state index is 13.4. The number of imide groups is 1. The first-order valence-electron chi connectivity index (χ1n) is 9.48. The Hall–Kier alpha value is -3.11. The highest BCUT2D eigenvalue weighted by atomic mass is 32.2. The first-order chi connectivity index (χ1) is 14.0. The molecule has 0 spiro atoms. The van der Waals surface area contributed by atoms with Gasteiger partial charge in [-0.15, -0.1) is 11.8 Å². The van der Waals surface area contributed by atoms with E-state index < -0.39 is 0 Å². The van der Waals surface area contributed by atoms with Crippen molar-refractivity contribution < 1.29 is 9.59 Å². The van der Waals surface area contributed by atoms with Crippen LogP contribution in [0.4, 0.5) is 5.69 Å². The van der Waals surface area contributed by atoms with E-state index in [1.54, 1.807) is 0 Å². The van der Waals surface area contributed by atoms with Crippen molar-refractivity contribution in [3.8, 4) is 0 Å². The Morgan fingerprint density at radius 3 is 1.97 bits per heavy atom. The second-order valence-corrected chi connectivity index (χ2v) is 8.12. The average Bonchev–Trinajstić information content (AvgIpc) is 2.96. The fourth-order valence-electron chi connectivity index (χ4n) is 3.55. The van der Waals surface area contributed by atoms with Crippen LogP contribution in [-0.4, -0.2) is 11.8 Å². The van der Waals surface area contributed by atoms with Gasteiger partial charge < -0.3 is 0 Å². The van der Waals surface area contributed by atoms with Crippen molar-refractivity contribution in [3.63, 3.8) is 0 Å². The third kappa shape index (κ3) is 3.89. The summed E-state index contributed by atoms with van der Waals surface area (Å²) in [5.74, 6) is 0.119. The normalized spacial score (nSPS) is 14.1. The van der Waals surface area contributed by atoms with Gasteiger partial charge in [-0.05, 0) is 48.2 Å². The van der Waals surface area contributed by atoms with Gasteiger partial charge in [0, 0.05) is 5.75 Å². The van der Waals surface area contributed by atoms with E-state index in [1.165, 1.54) is 16.7 Å². The zero-order valence-electron chi connectivity index (χ0n) is 16.4. The minimum atomic E-state index is -0.262. The molecule has 0 atom stereocenters. The van der Waals surface area contributed by atoms with E-state index in [0.29, 0.717) is 21.9 Å². The molecule has 2 amide bonds. The van der Waals surface area contributed by atoms with E-state index in [-0.39, 0.29) is 11.8 Å². The molecule has 0 radical (unpaired) electrons. The molecular formula is C25H21NO2S. The van der Waals surface area contributed by atoms with Crippen LogP contribution >= 0.6 is 11.8 Å². The van der Waals surface area contributed by atoms with E-state index >= 15 is 0 Å². The van der Waals surface area contributed by atoms with Gasteiger partial charge in [0.1, 0.15) is 0 Å². The van der Waals surface area contributed by atoms with E-state index in [0.717, 1.165) is 22.3 Å². The summed E-state index contributed by atoms with van der Waals surface area (Å²) in [6.07, 6.45) is 0. The number of aryl methyl sites for hydroxylation is 2. The second-order valence-electron chi connectivity index (χ2n) is 7.14. The highest BCUT2D eigenvalue weighted by Gasteiger charge is 2.40. The Labute approximate surface area is 175 Å². The molecule has 4 rings (SSSR count). The molecule has 3 aromatic rings. The van der Waals surface area contributed by atoms with Gasteiger partial charge in [0.25, 0.3) is 11.8 Å². The van der Waals surface area contributed by atoms with Crippen LogP contribution in [0.3, 0.4) is 0 Å². The topological polar surface area (TPSA) is 37.4 Å². The molecule has 144 valence electrons. The van der Waals surface area contributed by atoms with Gasteiger partial charge in [-0.2, -0.15) is 0 Å². The summed E-state index contributed by atoms with van der Waals surface area (Å²) in [4.78, 5) is 28.6. The molecule has 4 heteroatoms. The summed E-state index contributed by atoms with van der Waals surface area (Å²) >= 11 is 1.43. The van der Waals surface area contributed by atoms with Crippen LogP contribution in [0.25, 0.3) is 5.57 Å². The zero-order chi connectivity index (χ0) is 20.4. The fourth-order valence-corrected chi connectivity index (χ4v) is 4.61. The lowest BCUT2D eigenvalue weighted by Crippen LogP contribution is -2.31. The maximum Gasteiger partial charge on any atom is 0.272 e. The van der Waals surface area contributed by atoms with E-state index in [2.05, 4.69) is 0 Å². The van der Waals surface area contributed by atoms with Gasteiger partial charge in [0.05, 0.1) is 16.2 Å². The number of anilines is 1. The van der Waals surface area contributed by atoms with Crippen LogP contribution in [0.2, 0.25) is 0 Å². The molecule has 0 N–H and O–H groups in total. The number of rotatable bonds is 5. The molecule has 3 aromatic carbocycles. The van der Waals surface area contributed by atoms with Crippen molar-refractivity contribution in [1.29, 1.82) is 0 Å². The summed E-state index contributed by atoms with van der Waals surface area (Å²) in [6, 6.07) is 25.2. The third-order valence-corrected chi connectivity index (χ3v) is 5.94. The first-order valence-corrected chi connectivity index (χ1v) is 10.5. The molecule has 3 nitrogen and oxygen atoms in total. The standard InChI is InChI=1S/C25H21NO2S/c1-17-13-18(2)15-21(14-17)26-24(27)22(20-11-7-4-8-12-20)23(25(26)28)29-16-19-9-5-3-6-10-19/h3-15H,16H2,1-2H3. The molecule has 0 saturated carbocycles. The lowest BCUT2D eigenvalue weighted by molar-refractivity contribution is -0.119. The number of hydrogen-bond donors (Lipinski definition) is 0. The molecule has 1 aliphatic heterocycles. The predicted molar refractivity (Wildman–Crippen MR) is 120 cm³/mol. The SMILES string of the molecule is Cc1cc(C)cc(N2C(=O)C(SCc3ccccc3)=C(c3ccccc3)C2=O)c1. The van der Waals surface area contributed by atoms with Crippen LogP contribution in [0.15, 0.2) is 83.8 Å². The van der Waals surface area contributed by atoms with Crippen LogP contribution in [0, 0.1) is 13.8 Å². The Balaban J connectivity index is 1.75. The van der Waals surface area contributed by atoms with E-state index in [9.17, 15) is 9.59 Å². The summed E-state index contributed by atoms with van der Waals surface area (Å²) in [5.41, 5.74) is 5.03. The fraction of sp³-hybridized carbons (Fsp3) is 0.120. The molecule has 0 fully saturated rings. The van der Waals surface area contributed by atoms with Gasteiger partial charge >= 0.3 is 0 Å². The van der Waals surface area contributed by atoms with Gasteiger partial charge in [-0.1, -0.05) is 66.7 Å². The Kier molecular flexibility index (Phi) is 5.36. The molecule has 0 unspecified atom stereocenters. The van der Waals surface area contributed by atoms with Crippen molar-refractivity contribution in [2.45, 2.75) is 19.6 Å². The van der Waals surface area contributed by atoms with E-state index in [1.807, 2.05) is 92.7 Å². The minimum Gasteiger partial charge on any atom is -0.268 e. The van der Waals surface area contributed by atoms with Crippen molar-refractivity contribution in [1.82, 2.24) is 0 Å². The molecule has 0 aliphatic carbocycles. The van der Waals surface area contributed by atoms with Crippen molar-refractivity contribution >= 4 is 34.8 Å². The second kappa shape index (κ2) is 8.10. The number of benzene rings is 3. The number of hydrogen-bond acceptors (Lipinski definition) is 3. The van der Waals surface area contributed by atoms with Crippen molar-refractivity contribution in [2.75, 3.05) is 4.90 Å². The van der Waals surface area contributed by atoms with Gasteiger partial charge in [-0.25, -0.2) is 4.90 Å². The van der Waals surface area contributed by atoms with Crippen molar-refractivity contribution in [2.24, 2.45) is 0 Å². The molecule has 0 aromatic heterocycles. The monoisotopic (exact) mass is 399 g/mol. The molecule has 0 saturated heterocycles. The van der Waals surface area contributed by atoms with Crippen LogP contribution < -0.4 is 4.90 Å². The molecule has 0 bridgehead atoms. The lowest BCUT2D eigenvalue weighted by Gasteiger charge is -2.16. The average molecular weight is 400 g/mol. The van der Waals surface area contributed by atoms with E-state index in [4.69, 9.17) is 0 Å². The van der Waals surface area contributed by atoms with Crippen LogP contribution in [-0.2, 0) is 15.3 Å². The summed E-state index contributed by atoms with van der Waals surface area (Å²) in [6.45, 7) is 3.94.